The standard InChI is InChI=1S/C16H33NO2/c1-5-14(6-2)17(7-8-18)11-15-13(4)9-12(3)10-16(15)19/h12-16,18-19H,5-11H2,1-4H3. The van der Waals surface area contributed by atoms with Gasteiger partial charge < -0.3 is 10.2 Å². The van der Waals surface area contributed by atoms with Crippen molar-refractivity contribution in [1.82, 2.24) is 4.90 Å². The Morgan fingerprint density at radius 2 is 1.79 bits per heavy atom. The predicted molar refractivity (Wildman–Crippen MR) is 80.1 cm³/mol. The molecule has 0 radical (unpaired) electrons. The minimum atomic E-state index is -0.172. The van der Waals surface area contributed by atoms with Gasteiger partial charge in [0.05, 0.1) is 12.7 Å². The lowest BCUT2D eigenvalue weighted by Crippen LogP contribution is -2.46. The second kappa shape index (κ2) is 8.23. The van der Waals surface area contributed by atoms with E-state index in [0.717, 1.165) is 32.4 Å². The van der Waals surface area contributed by atoms with E-state index < -0.39 is 0 Å². The molecule has 0 aliphatic heterocycles. The average molecular weight is 271 g/mol. The second-order valence-corrected chi connectivity index (χ2v) is 6.47. The van der Waals surface area contributed by atoms with Crippen molar-refractivity contribution in [3.8, 4) is 0 Å². The number of aliphatic hydroxyl groups is 2. The van der Waals surface area contributed by atoms with Crippen molar-refractivity contribution in [3.05, 3.63) is 0 Å². The molecule has 0 saturated heterocycles. The van der Waals surface area contributed by atoms with E-state index in [-0.39, 0.29) is 12.7 Å². The first-order valence-corrected chi connectivity index (χ1v) is 8.06. The lowest BCUT2D eigenvalue weighted by atomic mass is 9.73. The minimum Gasteiger partial charge on any atom is -0.395 e. The minimum absolute atomic E-state index is 0.172. The summed E-state index contributed by atoms with van der Waals surface area (Å²) in [6.45, 7) is 10.8. The molecule has 4 atom stereocenters. The van der Waals surface area contributed by atoms with Gasteiger partial charge in [0.25, 0.3) is 0 Å². The summed E-state index contributed by atoms with van der Waals surface area (Å²) in [5.74, 6) is 1.58. The molecule has 0 amide bonds. The SMILES string of the molecule is CCC(CC)N(CCO)CC1C(C)CC(C)CC1O. The Hall–Kier alpha value is -0.120. The number of nitrogens with zero attached hydrogens (tertiary/aromatic N) is 1. The second-order valence-electron chi connectivity index (χ2n) is 6.47. The van der Waals surface area contributed by atoms with Crippen LogP contribution in [-0.2, 0) is 0 Å². The summed E-state index contributed by atoms with van der Waals surface area (Å²) >= 11 is 0. The largest absolute Gasteiger partial charge is 0.395 e. The highest BCUT2D eigenvalue weighted by Gasteiger charge is 2.34. The summed E-state index contributed by atoms with van der Waals surface area (Å²) in [4.78, 5) is 2.39. The summed E-state index contributed by atoms with van der Waals surface area (Å²) in [6, 6.07) is 0.533. The molecule has 1 saturated carbocycles. The molecule has 19 heavy (non-hydrogen) atoms. The van der Waals surface area contributed by atoms with Gasteiger partial charge in [-0.3, -0.25) is 4.90 Å². The van der Waals surface area contributed by atoms with Crippen LogP contribution in [0.5, 0.6) is 0 Å². The van der Waals surface area contributed by atoms with E-state index in [1.165, 1.54) is 6.42 Å². The number of rotatable bonds is 7. The van der Waals surface area contributed by atoms with Crippen LogP contribution < -0.4 is 0 Å². The third-order valence-electron chi connectivity index (χ3n) is 4.93. The molecular formula is C16H33NO2. The van der Waals surface area contributed by atoms with Crippen LogP contribution in [0.25, 0.3) is 0 Å². The van der Waals surface area contributed by atoms with Gasteiger partial charge in [0.15, 0.2) is 0 Å². The highest BCUT2D eigenvalue weighted by Crippen LogP contribution is 2.34. The van der Waals surface area contributed by atoms with Gasteiger partial charge in [-0.05, 0) is 37.5 Å². The van der Waals surface area contributed by atoms with E-state index in [1.54, 1.807) is 0 Å². The van der Waals surface area contributed by atoms with Crippen LogP contribution in [0.3, 0.4) is 0 Å². The average Bonchev–Trinajstić information content (AvgIpc) is 2.34. The maximum atomic E-state index is 10.4. The van der Waals surface area contributed by atoms with Crippen LogP contribution >= 0.6 is 0 Å². The molecule has 2 N–H and O–H groups in total. The predicted octanol–water partition coefficient (Wildman–Crippen LogP) is 2.51. The lowest BCUT2D eigenvalue weighted by molar-refractivity contribution is -0.0127. The van der Waals surface area contributed by atoms with Crippen molar-refractivity contribution in [2.75, 3.05) is 19.7 Å². The Bertz CT molecular complexity index is 231. The van der Waals surface area contributed by atoms with Crippen LogP contribution in [0, 0.1) is 17.8 Å². The quantitative estimate of drug-likeness (QED) is 0.748. The topological polar surface area (TPSA) is 43.7 Å². The van der Waals surface area contributed by atoms with Crippen molar-refractivity contribution in [3.63, 3.8) is 0 Å². The molecule has 0 heterocycles. The number of hydrogen-bond acceptors (Lipinski definition) is 3. The molecule has 0 bridgehead atoms. The van der Waals surface area contributed by atoms with Crippen molar-refractivity contribution in [1.29, 1.82) is 0 Å². The summed E-state index contributed by atoms with van der Waals surface area (Å²) in [6.07, 6.45) is 4.21. The van der Waals surface area contributed by atoms with Crippen LogP contribution in [-0.4, -0.2) is 47.0 Å². The first-order chi connectivity index (χ1) is 9.03. The van der Waals surface area contributed by atoms with Crippen molar-refractivity contribution < 1.29 is 10.2 Å². The lowest BCUT2D eigenvalue weighted by Gasteiger charge is -2.41. The monoisotopic (exact) mass is 271 g/mol. The molecule has 0 aromatic heterocycles. The fourth-order valence-corrected chi connectivity index (χ4v) is 3.80. The summed E-state index contributed by atoms with van der Waals surface area (Å²) < 4.78 is 0. The first-order valence-electron chi connectivity index (χ1n) is 8.06. The molecular weight excluding hydrogens is 238 g/mol. The van der Waals surface area contributed by atoms with E-state index >= 15 is 0 Å². The summed E-state index contributed by atoms with van der Waals surface area (Å²) in [5, 5.41) is 19.6. The van der Waals surface area contributed by atoms with E-state index in [1.807, 2.05) is 0 Å². The maximum absolute atomic E-state index is 10.4. The molecule has 1 rings (SSSR count). The van der Waals surface area contributed by atoms with Crippen LogP contribution in [0.15, 0.2) is 0 Å². The molecule has 0 aromatic carbocycles. The van der Waals surface area contributed by atoms with Crippen molar-refractivity contribution in [2.45, 2.75) is 65.5 Å². The molecule has 0 spiro atoms. The Morgan fingerprint density at radius 1 is 1.16 bits per heavy atom. The zero-order chi connectivity index (χ0) is 14.4. The smallest absolute Gasteiger partial charge is 0.0585 e. The first kappa shape index (κ1) is 16.9. The molecule has 3 heteroatoms. The van der Waals surface area contributed by atoms with Gasteiger partial charge in [0.1, 0.15) is 0 Å². The highest BCUT2D eigenvalue weighted by molar-refractivity contribution is 4.86. The third-order valence-corrected chi connectivity index (χ3v) is 4.93. The summed E-state index contributed by atoms with van der Waals surface area (Å²) in [5.41, 5.74) is 0. The van der Waals surface area contributed by atoms with Crippen LogP contribution in [0.1, 0.15) is 53.4 Å². The van der Waals surface area contributed by atoms with E-state index in [0.29, 0.717) is 23.8 Å². The van der Waals surface area contributed by atoms with Gasteiger partial charge in [0, 0.05) is 25.0 Å². The molecule has 114 valence electrons. The van der Waals surface area contributed by atoms with Crippen molar-refractivity contribution >= 4 is 0 Å². The Labute approximate surface area is 119 Å². The van der Waals surface area contributed by atoms with Gasteiger partial charge in [-0.2, -0.15) is 0 Å². The zero-order valence-corrected chi connectivity index (χ0v) is 13.2. The number of aliphatic hydroxyl groups excluding tert-OH is 2. The van der Waals surface area contributed by atoms with Crippen molar-refractivity contribution in [2.24, 2.45) is 17.8 Å². The normalized spacial score (nSPS) is 32.2. The van der Waals surface area contributed by atoms with E-state index in [9.17, 15) is 10.2 Å². The fourth-order valence-electron chi connectivity index (χ4n) is 3.80. The van der Waals surface area contributed by atoms with Gasteiger partial charge in [0.2, 0.25) is 0 Å². The van der Waals surface area contributed by atoms with E-state index in [4.69, 9.17) is 0 Å². The molecule has 3 nitrogen and oxygen atoms in total. The maximum Gasteiger partial charge on any atom is 0.0585 e. The molecule has 0 aromatic rings. The summed E-state index contributed by atoms with van der Waals surface area (Å²) in [7, 11) is 0. The number of hydrogen-bond donors (Lipinski definition) is 2. The van der Waals surface area contributed by atoms with Crippen LogP contribution in [0.4, 0.5) is 0 Å². The van der Waals surface area contributed by atoms with Crippen LogP contribution in [0.2, 0.25) is 0 Å². The third kappa shape index (κ3) is 4.73. The van der Waals surface area contributed by atoms with Gasteiger partial charge in [-0.1, -0.05) is 27.7 Å². The zero-order valence-electron chi connectivity index (χ0n) is 13.2. The van der Waals surface area contributed by atoms with Gasteiger partial charge in [-0.25, -0.2) is 0 Å². The Kier molecular flexibility index (Phi) is 7.33. The highest BCUT2D eigenvalue weighted by atomic mass is 16.3. The van der Waals surface area contributed by atoms with E-state index in [2.05, 4.69) is 32.6 Å². The van der Waals surface area contributed by atoms with Gasteiger partial charge in [-0.15, -0.1) is 0 Å². The Balaban J connectivity index is 2.66. The fraction of sp³-hybridized carbons (Fsp3) is 1.00. The van der Waals surface area contributed by atoms with Gasteiger partial charge >= 0.3 is 0 Å². The molecule has 4 unspecified atom stereocenters. The Morgan fingerprint density at radius 3 is 2.26 bits per heavy atom. The molecule has 1 fully saturated rings. The molecule has 1 aliphatic carbocycles. The molecule has 1 aliphatic rings.